The van der Waals surface area contributed by atoms with E-state index in [1.807, 2.05) is 48.5 Å². The lowest BCUT2D eigenvalue weighted by atomic mass is 9.44. The van der Waals surface area contributed by atoms with Crippen LogP contribution in [-0.4, -0.2) is 161 Å². The molecule has 2 aromatic rings. The normalized spacial score (nSPS) is 31.1. The van der Waals surface area contributed by atoms with Crippen molar-refractivity contribution in [2.45, 2.75) is 91.7 Å². The van der Waals surface area contributed by atoms with Gasteiger partial charge >= 0.3 is 0 Å². The summed E-state index contributed by atoms with van der Waals surface area (Å²) < 4.78 is 80.1. The topological polar surface area (TPSA) is 186 Å². The lowest BCUT2D eigenvalue weighted by molar-refractivity contribution is -0.235. The van der Waals surface area contributed by atoms with Crippen molar-refractivity contribution in [1.82, 2.24) is 4.90 Å². The number of imide groups is 1. The van der Waals surface area contributed by atoms with E-state index in [1.54, 1.807) is 32.1 Å². The minimum Gasteiger partial charge on any atom is -0.390 e. The molecule has 396 valence electrons. The van der Waals surface area contributed by atoms with Crippen molar-refractivity contribution in [3.05, 3.63) is 108 Å². The number of rotatable bonds is 28. The molecule has 6 aliphatic rings. The van der Waals surface area contributed by atoms with Crippen molar-refractivity contribution in [2.24, 2.45) is 22.7 Å². The van der Waals surface area contributed by atoms with Gasteiger partial charge in [0.05, 0.1) is 98.0 Å². The van der Waals surface area contributed by atoms with Gasteiger partial charge in [-0.1, -0.05) is 67.8 Å². The van der Waals surface area contributed by atoms with E-state index in [9.17, 15) is 29.4 Å². The van der Waals surface area contributed by atoms with E-state index >= 15 is 8.78 Å². The number of nitrogens with zero attached hydrogens (tertiary/aromatic N) is 1. The van der Waals surface area contributed by atoms with Gasteiger partial charge in [-0.05, 0) is 73.1 Å². The number of aliphatic hydroxyl groups is 2. The second kappa shape index (κ2) is 24.1. The Bertz CT molecular complexity index is 2400. The molecule has 3 saturated carbocycles. The van der Waals surface area contributed by atoms with Crippen molar-refractivity contribution >= 4 is 35.1 Å². The maximum Gasteiger partial charge on any atom is 0.253 e. The number of alkyl halides is 2. The number of allylic oxidation sites excluding steroid dienone is 5. The highest BCUT2D eigenvalue weighted by molar-refractivity contribution is 7.99. The summed E-state index contributed by atoms with van der Waals surface area (Å²) in [6, 6.07) is 15.3. The van der Waals surface area contributed by atoms with Crippen LogP contribution in [0.2, 0.25) is 0 Å². The monoisotopic (exact) mass is 1040 g/mol. The number of hydrogen-bond donors (Lipinski definition) is 2. The summed E-state index contributed by atoms with van der Waals surface area (Å²) in [5.74, 6) is -2.75. The van der Waals surface area contributed by atoms with Crippen LogP contribution in [0, 0.1) is 22.7 Å². The fourth-order valence-electron chi connectivity index (χ4n) is 11.8. The van der Waals surface area contributed by atoms with Gasteiger partial charge in [-0.2, -0.15) is 0 Å². The van der Waals surface area contributed by atoms with Crippen LogP contribution >= 0.6 is 11.8 Å². The number of amides is 2. The fraction of sp³-hybridized carbons (Fsp3) is 0.564. The third-order valence-electron chi connectivity index (χ3n) is 15.5. The molecular formula is C55H67F2NO14S. The maximum absolute atomic E-state index is 17.8. The second-order valence-electron chi connectivity index (χ2n) is 19.8. The summed E-state index contributed by atoms with van der Waals surface area (Å²) in [5, 5.41) is 22.2. The van der Waals surface area contributed by atoms with Gasteiger partial charge in [0.2, 0.25) is 0 Å². The highest BCUT2D eigenvalue weighted by Crippen LogP contribution is 2.72. The Morgan fingerprint density at radius 3 is 2.03 bits per heavy atom. The Hall–Kier alpha value is -4.31. The minimum atomic E-state index is -2.22. The van der Waals surface area contributed by atoms with Gasteiger partial charge in [0.1, 0.15) is 18.6 Å². The molecule has 1 saturated heterocycles. The van der Waals surface area contributed by atoms with Crippen LogP contribution in [0.4, 0.5) is 8.78 Å². The van der Waals surface area contributed by atoms with Crippen molar-refractivity contribution in [2.75, 3.05) is 92.4 Å². The maximum atomic E-state index is 17.8. The van der Waals surface area contributed by atoms with Crippen LogP contribution in [0.15, 0.2) is 106 Å². The van der Waals surface area contributed by atoms with E-state index in [-0.39, 0.29) is 75.0 Å². The zero-order valence-electron chi connectivity index (χ0n) is 41.5. The van der Waals surface area contributed by atoms with Gasteiger partial charge in [-0.15, -0.1) is 0 Å². The summed E-state index contributed by atoms with van der Waals surface area (Å²) in [6.45, 7) is 11.1. The predicted octanol–water partition coefficient (Wildman–Crippen LogP) is 5.99. The number of hydrogen-bond acceptors (Lipinski definition) is 15. The average molecular weight is 1040 g/mol. The molecule has 2 heterocycles. The number of benzene rings is 2. The number of aliphatic hydroxyl groups excluding tert-OH is 2. The quantitative estimate of drug-likeness (QED) is 0.0747. The first-order chi connectivity index (χ1) is 35.1. The summed E-state index contributed by atoms with van der Waals surface area (Å²) in [7, 11) is 0. The van der Waals surface area contributed by atoms with Gasteiger partial charge in [0.25, 0.3) is 11.8 Å². The highest BCUT2D eigenvalue weighted by Gasteiger charge is 2.80. The molecule has 0 unspecified atom stereocenters. The lowest BCUT2D eigenvalue weighted by Crippen LogP contribution is -2.70. The average Bonchev–Trinajstić information content (AvgIpc) is 4.00. The van der Waals surface area contributed by atoms with Crippen LogP contribution < -0.4 is 0 Å². The predicted molar refractivity (Wildman–Crippen MR) is 263 cm³/mol. The summed E-state index contributed by atoms with van der Waals surface area (Å²) in [6.07, 6.45) is 2.90. The Labute approximate surface area is 429 Å². The van der Waals surface area contributed by atoms with Gasteiger partial charge < -0.3 is 48.1 Å². The van der Waals surface area contributed by atoms with E-state index < -0.39 is 71.0 Å². The first kappa shape index (κ1) is 54.9. The van der Waals surface area contributed by atoms with Crippen molar-refractivity contribution in [1.29, 1.82) is 0 Å². The van der Waals surface area contributed by atoms with Crippen LogP contribution in [-0.2, 0) is 63.5 Å². The Morgan fingerprint density at radius 2 is 1.41 bits per heavy atom. The fourth-order valence-corrected chi connectivity index (χ4v) is 12.7. The molecule has 0 spiro atoms. The number of ether oxygens (including phenoxy) is 8. The molecule has 0 radical (unpaired) electrons. The van der Waals surface area contributed by atoms with E-state index in [1.165, 1.54) is 23.9 Å². The molecule has 4 aliphatic carbocycles. The number of ketones is 2. The molecule has 2 aromatic carbocycles. The summed E-state index contributed by atoms with van der Waals surface area (Å²) in [4.78, 5) is 52.7. The van der Waals surface area contributed by atoms with E-state index in [4.69, 9.17) is 37.9 Å². The summed E-state index contributed by atoms with van der Waals surface area (Å²) in [5.41, 5.74) is -4.16. The highest BCUT2D eigenvalue weighted by atomic mass is 32.2. The molecule has 15 nitrogen and oxygen atoms in total. The third kappa shape index (κ3) is 11.5. The SMILES string of the molecule is C=C1C=C[C@@]2(C)C(=C1)[C@@H](F)C[C@H]1[C@@H]3C[C@H]4O[C@@H](c5ccc(Sc6cccc(CC(=O)CCOCCOCCOCCOCCOCCOCCN7C(=O)C=CC7=O)c6)cc5)O[C@@]4(C(=O)CO)[C@@]3(C)C[C@H](O)[C@@]12F. The van der Waals surface area contributed by atoms with E-state index in [0.717, 1.165) is 20.3 Å². The number of carbonyl (C=O) groups excluding carboxylic acids is 4. The van der Waals surface area contributed by atoms with Gasteiger partial charge in [-0.25, -0.2) is 8.78 Å². The van der Waals surface area contributed by atoms with Gasteiger partial charge in [-0.3, -0.25) is 24.1 Å². The third-order valence-corrected chi connectivity index (χ3v) is 16.5. The number of fused-ring (bicyclic) bond motifs is 7. The number of Topliss-reactive ketones (excluding diaryl/α,β-unsaturated/α-hetero) is 2. The van der Waals surface area contributed by atoms with Crippen molar-refractivity contribution in [3.63, 3.8) is 0 Å². The molecular weight excluding hydrogens is 969 g/mol. The first-order valence-corrected chi connectivity index (χ1v) is 25.9. The van der Waals surface area contributed by atoms with E-state index in [2.05, 4.69) is 6.58 Å². The second-order valence-corrected chi connectivity index (χ2v) is 20.9. The number of carbonyl (C=O) groups is 4. The molecule has 2 N–H and O–H groups in total. The molecule has 0 bridgehead atoms. The smallest absolute Gasteiger partial charge is 0.253 e. The molecule has 8 rings (SSSR count). The van der Waals surface area contributed by atoms with Crippen molar-refractivity contribution < 1.29 is 76.1 Å². The zero-order chi connectivity index (χ0) is 51.8. The van der Waals surface area contributed by atoms with E-state index in [0.29, 0.717) is 77.2 Å². The molecule has 73 heavy (non-hydrogen) atoms. The zero-order valence-corrected chi connectivity index (χ0v) is 42.3. The molecule has 2 aliphatic heterocycles. The van der Waals surface area contributed by atoms with Crippen LogP contribution in [0.1, 0.15) is 56.9 Å². The Balaban J connectivity index is 0.703. The summed E-state index contributed by atoms with van der Waals surface area (Å²) >= 11 is 1.52. The lowest BCUT2D eigenvalue weighted by Gasteiger charge is -2.63. The molecule has 2 amide bonds. The molecule has 18 heteroatoms. The molecule has 0 aromatic heterocycles. The first-order valence-electron chi connectivity index (χ1n) is 25.1. The standard InChI is InChI=1S/C55H67F2NO14S/c1-36-13-15-52(2)44(29-36)45(56)32-43-42-33-48-55(47(62)35-59,53(42,3)34-46(61)54(43,52)57)72-51(71-48)38-7-9-40(10-8-38)73-41-6-4-5-37(31-41)30-39(60)14-17-65-19-21-67-23-25-69-27-28-70-26-24-68-22-20-66-18-16-58-49(63)11-12-50(58)64/h4-13,15,29,31,42-43,45-46,48,51,59,61H,1,14,16-28,30,32-35H2,2-3H3/t42-,43-,45-,46-,48+,51+,52-,53-,54-,55+/m0/s1. The molecule has 10 atom stereocenters. The van der Waals surface area contributed by atoms with Crippen LogP contribution in [0.3, 0.4) is 0 Å². The van der Waals surface area contributed by atoms with Gasteiger partial charge in [0, 0.05) is 57.1 Å². The van der Waals surface area contributed by atoms with Crippen molar-refractivity contribution in [3.8, 4) is 0 Å². The molecule has 4 fully saturated rings. The van der Waals surface area contributed by atoms with Gasteiger partial charge in [0.15, 0.2) is 23.3 Å². The largest absolute Gasteiger partial charge is 0.390 e. The Morgan fingerprint density at radius 1 is 0.808 bits per heavy atom. The minimum absolute atomic E-state index is 0.0500. The Kier molecular flexibility index (Phi) is 18.2. The van der Waals surface area contributed by atoms with Crippen LogP contribution in [0.5, 0.6) is 0 Å². The number of halogens is 2. The van der Waals surface area contributed by atoms with Crippen LogP contribution in [0.25, 0.3) is 0 Å².